The second kappa shape index (κ2) is 14.0. The molecular formula is C35H33N2O5S2+. The summed E-state index contributed by atoms with van der Waals surface area (Å²) < 4.78 is 2.04. The SMILES string of the molecule is CSCCN(c1ccccc1)c1ccc(C2C(=O)C(=O)/C(=C3/C=CC(=[N+](CCSC)c4ccccc4)C=C3O)C2=O)c(O)c1. The van der Waals surface area contributed by atoms with Crippen molar-refractivity contribution in [1.82, 2.24) is 0 Å². The zero-order chi connectivity index (χ0) is 31.2. The molecule has 1 fully saturated rings. The number of nitrogens with zero attached hydrogens (tertiary/aromatic N) is 2. The predicted octanol–water partition coefficient (Wildman–Crippen LogP) is 6.15. The van der Waals surface area contributed by atoms with Crippen LogP contribution in [0.25, 0.3) is 0 Å². The van der Waals surface area contributed by atoms with Gasteiger partial charge in [0.25, 0.3) is 0 Å². The number of anilines is 2. The van der Waals surface area contributed by atoms with Crippen LogP contribution in [0, 0.1) is 0 Å². The van der Waals surface area contributed by atoms with Gasteiger partial charge >= 0.3 is 0 Å². The molecule has 5 rings (SSSR count). The van der Waals surface area contributed by atoms with Gasteiger partial charge in [-0.15, -0.1) is 0 Å². The lowest BCUT2D eigenvalue weighted by molar-refractivity contribution is -0.433. The van der Waals surface area contributed by atoms with Crippen LogP contribution in [0.15, 0.2) is 114 Å². The fourth-order valence-electron chi connectivity index (χ4n) is 5.41. The average Bonchev–Trinajstić information content (AvgIpc) is 3.25. The number of phenols is 1. The number of phenolic OH excluding ortho intramolecular Hbond substituents is 1. The Morgan fingerprint density at radius 2 is 1.48 bits per heavy atom. The molecule has 0 heterocycles. The minimum Gasteiger partial charge on any atom is -0.508 e. The third-order valence-corrected chi connectivity index (χ3v) is 8.78. The highest BCUT2D eigenvalue weighted by Gasteiger charge is 2.48. The largest absolute Gasteiger partial charge is 0.508 e. The number of carbonyl (C=O) groups excluding carboxylic acids is 3. The van der Waals surface area contributed by atoms with Gasteiger partial charge in [-0.2, -0.15) is 28.1 Å². The summed E-state index contributed by atoms with van der Waals surface area (Å²) in [7, 11) is 0. The van der Waals surface area contributed by atoms with Crippen LogP contribution in [0.1, 0.15) is 11.5 Å². The third kappa shape index (κ3) is 6.30. The Morgan fingerprint density at radius 3 is 2.11 bits per heavy atom. The van der Waals surface area contributed by atoms with Crippen LogP contribution in [0.5, 0.6) is 5.75 Å². The van der Waals surface area contributed by atoms with E-state index in [1.54, 1.807) is 35.7 Å². The highest BCUT2D eigenvalue weighted by molar-refractivity contribution is 7.98. The molecule has 0 saturated heterocycles. The Morgan fingerprint density at radius 1 is 0.795 bits per heavy atom. The Kier molecular flexibility index (Phi) is 9.87. The summed E-state index contributed by atoms with van der Waals surface area (Å²) in [5.41, 5.74) is 2.94. The summed E-state index contributed by atoms with van der Waals surface area (Å²) in [4.78, 5) is 42.1. The van der Waals surface area contributed by atoms with Gasteiger partial charge in [0.2, 0.25) is 23.0 Å². The van der Waals surface area contributed by atoms with Crippen molar-refractivity contribution in [1.29, 1.82) is 0 Å². The van der Waals surface area contributed by atoms with Crippen molar-refractivity contribution in [2.75, 3.05) is 42.0 Å². The first kappa shape index (κ1) is 31.1. The zero-order valence-electron chi connectivity index (χ0n) is 24.5. The minimum atomic E-state index is -1.48. The molecule has 224 valence electrons. The topological polar surface area (TPSA) is 97.9 Å². The fraction of sp³-hybridized carbons (Fsp3) is 0.200. The second-order valence-corrected chi connectivity index (χ2v) is 12.2. The molecule has 0 aromatic heterocycles. The van der Waals surface area contributed by atoms with Crippen molar-refractivity contribution in [3.8, 4) is 5.75 Å². The van der Waals surface area contributed by atoms with E-state index in [9.17, 15) is 24.6 Å². The smallest absolute Gasteiger partial charge is 0.234 e. The molecule has 0 radical (unpaired) electrons. The summed E-state index contributed by atoms with van der Waals surface area (Å²) in [5.74, 6) is -2.97. The Balaban J connectivity index is 1.48. The Hall–Kier alpha value is -4.34. The molecular weight excluding hydrogens is 593 g/mol. The molecule has 1 atom stereocenters. The van der Waals surface area contributed by atoms with Gasteiger partial charge in [0, 0.05) is 59.1 Å². The number of rotatable bonds is 10. The van der Waals surface area contributed by atoms with E-state index in [-0.39, 0.29) is 28.2 Å². The number of hydrogen-bond acceptors (Lipinski definition) is 8. The number of aromatic hydroxyl groups is 1. The number of ketones is 3. The van der Waals surface area contributed by atoms with Crippen LogP contribution in [0.2, 0.25) is 0 Å². The van der Waals surface area contributed by atoms with Gasteiger partial charge in [-0.3, -0.25) is 14.4 Å². The molecule has 9 heteroatoms. The summed E-state index contributed by atoms with van der Waals surface area (Å²) in [6.45, 7) is 1.35. The number of aliphatic hydroxyl groups excluding tert-OH is 1. The highest BCUT2D eigenvalue weighted by atomic mass is 32.2. The molecule has 0 spiro atoms. The lowest BCUT2D eigenvalue weighted by atomic mass is 9.92. The number of Topliss-reactive ketones (excluding diaryl/α,β-unsaturated/α-hetero) is 3. The molecule has 2 aliphatic rings. The van der Waals surface area contributed by atoms with E-state index in [0.717, 1.165) is 22.9 Å². The number of para-hydroxylation sites is 2. The highest BCUT2D eigenvalue weighted by Crippen LogP contribution is 2.40. The summed E-state index contributed by atoms with van der Waals surface area (Å²) >= 11 is 3.39. The van der Waals surface area contributed by atoms with Crippen molar-refractivity contribution >= 4 is 63.6 Å². The first-order valence-corrected chi connectivity index (χ1v) is 16.9. The lowest BCUT2D eigenvalue weighted by Crippen LogP contribution is -2.20. The van der Waals surface area contributed by atoms with Crippen LogP contribution in [0.4, 0.5) is 17.1 Å². The normalized spacial score (nSPS) is 19.4. The number of carbonyl (C=O) groups is 3. The maximum absolute atomic E-state index is 13.7. The van der Waals surface area contributed by atoms with Gasteiger partial charge in [-0.1, -0.05) is 42.5 Å². The van der Waals surface area contributed by atoms with Crippen molar-refractivity contribution in [2.24, 2.45) is 0 Å². The lowest BCUT2D eigenvalue weighted by Gasteiger charge is -2.25. The van der Waals surface area contributed by atoms with E-state index in [4.69, 9.17) is 0 Å². The van der Waals surface area contributed by atoms with E-state index in [1.165, 1.54) is 24.3 Å². The molecule has 3 aromatic carbocycles. The number of benzene rings is 3. The number of allylic oxidation sites excluding steroid dienone is 4. The van der Waals surface area contributed by atoms with Crippen LogP contribution in [-0.2, 0) is 14.4 Å². The number of aliphatic hydroxyl groups is 1. The van der Waals surface area contributed by atoms with Crippen molar-refractivity contribution in [3.63, 3.8) is 0 Å². The van der Waals surface area contributed by atoms with Crippen LogP contribution < -0.4 is 4.90 Å². The van der Waals surface area contributed by atoms with Gasteiger partial charge in [0.05, 0.1) is 17.4 Å². The van der Waals surface area contributed by atoms with Crippen LogP contribution in [0.3, 0.4) is 0 Å². The monoisotopic (exact) mass is 625 g/mol. The zero-order valence-corrected chi connectivity index (χ0v) is 26.1. The molecule has 0 bridgehead atoms. The fourth-order valence-corrected chi connectivity index (χ4v) is 6.14. The van der Waals surface area contributed by atoms with Gasteiger partial charge in [-0.25, -0.2) is 0 Å². The van der Waals surface area contributed by atoms with E-state index in [2.05, 4.69) is 0 Å². The molecule has 7 nitrogen and oxygen atoms in total. The Bertz CT molecular complexity index is 1710. The molecule has 0 aliphatic heterocycles. The average molecular weight is 626 g/mol. The van der Waals surface area contributed by atoms with Crippen LogP contribution in [-0.4, -0.2) is 75.0 Å². The predicted molar refractivity (Wildman–Crippen MR) is 179 cm³/mol. The van der Waals surface area contributed by atoms with E-state index in [0.29, 0.717) is 24.5 Å². The van der Waals surface area contributed by atoms with Gasteiger partial charge < -0.3 is 15.1 Å². The van der Waals surface area contributed by atoms with E-state index in [1.807, 2.05) is 82.7 Å². The van der Waals surface area contributed by atoms with E-state index >= 15 is 0 Å². The molecule has 0 amide bonds. The maximum Gasteiger partial charge on any atom is 0.234 e. The van der Waals surface area contributed by atoms with Crippen molar-refractivity contribution in [3.05, 3.63) is 120 Å². The van der Waals surface area contributed by atoms with Crippen molar-refractivity contribution in [2.45, 2.75) is 5.92 Å². The number of thioether (sulfide) groups is 2. The molecule has 1 unspecified atom stereocenters. The second-order valence-electron chi connectivity index (χ2n) is 10.3. The summed E-state index contributed by atoms with van der Waals surface area (Å²) in [6, 6.07) is 24.2. The molecule has 2 N–H and O–H groups in total. The Labute approximate surface area is 265 Å². The van der Waals surface area contributed by atoms with Gasteiger partial charge in [0.15, 0.2) is 12.3 Å². The van der Waals surface area contributed by atoms with Crippen LogP contribution >= 0.6 is 23.5 Å². The molecule has 2 aliphatic carbocycles. The van der Waals surface area contributed by atoms with E-state index < -0.39 is 23.3 Å². The first-order chi connectivity index (χ1) is 21.3. The van der Waals surface area contributed by atoms with Gasteiger partial charge in [0.1, 0.15) is 17.4 Å². The summed E-state index contributed by atoms with van der Waals surface area (Å²) in [6.07, 6.45) is 8.77. The summed E-state index contributed by atoms with van der Waals surface area (Å²) in [5, 5.41) is 22.1. The molecule has 3 aromatic rings. The number of hydrogen-bond donors (Lipinski definition) is 2. The quantitative estimate of drug-likeness (QED) is 0.0910. The third-order valence-electron chi connectivity index (χ3n) is 7.59. The van der Waals surface area contributed by atoms with Crippen molar-refractivity contribution < 1.29 is 29.2 Å². The molecule has 1 saturated carbocycles. The minimum absolute atomic E-state index is 0.000839. The molecule has 44 heavy (non-hydrogen) atoms. The van der Waals surface area contributed by atoms with Gasteiger partial charge in [-0.05, 0) is 36.8 Å². The standard InChI is InChI=1S/C35H32N2O5S2/c1-43-19-17-36(23-9-5-3-6-10-23)25-13-15-27(29(38)21-25)31-33(40)32(35(42)34(31)41)28-16-14-26(22-30(28)39)37(18-20-44-2)24-11-7-4-8-12-24/h3-16,21-22,31,38H,17-20H2,1-2H3/p+1/b32-28-. The first-order valence-electron chi connectivity index (χ1n) is 14.1. The maximum atomic E-state index is 13.7.